The van der Waals surface area contributed by atoms with Gasteiger partial charge in [0.1, 0.15) is 11.4 Å². The molecule has 2 bridgehead atoms. The van der Waals surface area contributed by atoms with Crippen LogP contribution in [0.4, 0.5) is 13.2 Å². The van der Waals surface area contributed by atoms with E-state index in [-0.39, 0.29) is 35.2 Å². The number of nitrogens with zero attached hydrogens (tertiary/aromatic N) is 1. The van der Waals surface area contributed by atoms with Crippen LogP contribution in [-0.4, -0.2) is 34.5 Å². The molecule has 6 nitrogen and oxygen atoms in total. The van der Waals surface area contributed by atoms with Crippen LogP contribution in [0.2, 0.25) is 0 Å². The van der Waals surface area contributed by atoms with Gasteiger partial charge in [-0.2, -0.15) is 13.2 Å². The number of alkyl halides is 3. The number of aromatic nitrogens is 1. The number of nitrogens with one attached hydrogen (secondary N) is 2. The van der Waals surface area contributed by atoms with Crippen molar-refractivity contribution in [1.82, 2.24) is 15.6 Å². The van der Waals surface area contributed by atoms with Gasteiger partial charge in [0, 0.05) is 18.0 Å². The molecule has 3 aliphatic rings. The normalized spacial score (nSPS) is 27.5. The van der Waals surface area contributed by atoms with Crippen LogP contribution < -0.4 is 15.4 Å². The molecule has 2 amide bonds. The van der Waals surface area contributed by atoms with Crippen molar-refractivity contribution in [1.29, 1.82) is 0 Å². The number of pyridine rings is 1. The number of hydrogen-bond acceptors (Lipinski definition) is 4. The van der Waals surface area contributed by atoms with Crippen LogP contribution in [0.25, 0.3) is 0 Å². The fraction of sp³-hybridized carbons (Fsp3) is 0.533. The van der Waals surface area contributed by atoms with E-state index >= 15 is 0 Å². The van der Waals surface area contributed by atoms with Crippen LogP contribution in [-0.2, 0) is 15.8 Å². The van der Waals surface area contributed by atoms with Crippen molar-refractivity contribution in [2.45, 2.75) is 43.4 Å². The fourth-order valence-corrected chi connectivity index (χ4v) is 3.54. The van der Waals surface area contributed by atoms with Crippen molar-refractivity contribution in [3.63, 3.8) is 0 Å². The average Bonchev–Trinajstić information content (AvgIpc) is 2.40. The number of ether oxygens (including phenoxy) is 1. The summed E-state index contributed by atoms with van der Waals surface area (Å²) in [6, 6.07) is 1.92. The van der Waals surface area contributed by atoms with E-state index in [0.29, 0.717) is 19.3 Å². The summed E-state index contributed by atoms with van der Waals surface area (Å²) in [6.07, 6.45) is -1.51. The predicted molar refractivity (Wildman–Crippen MR) is 76.0 cm³/mol. The van der Waals surface area contributed by atoms with E-state index in [1.807, 2.05) is 0 Å². The molecule has 0 unspecified atom stereocenters. The van der Waals surface area contributed by atoms with E-state index in [2.05, 4.69) is 15.6 Å². The maximum Gasteiger partial charge on any atom is 0.433 e. The minimum atomic E-state index is -4.51. The number of carbonyl (C=O) groups is 2. The van der Waals surface area contributed by atoms with Gasteiger partial charge in [0.05, 0.1) is 6.20 Å². The van der Waals surface area contributed by atoms with Crippen molar-refractivity contribution in [2.24, 2.45) is 0 Å². The first-order valence-corrected chi connectivity index (χ1v) is 7.37. The summed E-state index contributed by atoms with van der Waals surface area (Å²) in [5.41, 5.74) is -1.49. The lowest BCUT2D eigenvalue weighted by atomic mass is 9.44. The van der Waals surface area contributed by atoms with Crippen molar-refractivity contribution in [3.8, 4) is 5.75 Å². The summed E-state index contributed by atoms with van der Waals surface area (Å²) in [6.45, 7) is 1.15. The molecule has 0 saturated heterocycles. The number of amides is 2. The highest BCUT2D eigenvalue weighted by Gasteiger charge is 2.69. The predicted octanol–water partition coefficient (Wildman–Crippen LogP) is 1.41. The Morgan fingerprint density at radius 3 is 2.33 bits per heavy atom. The summed E-state index contributed by atoms with van der Waals surface area (Å²) < 4.78 is 42.3. The molecule has 0 aliphatic heterocycles. The van der Waals surface area contributed by atoms with Gasteiger partial charge in [-0.05, 0) is 31.4 Å². The molecule has 3 aliphatic carbocycles. The summed E-state index contributed by atoms with van der Waals surface area (Å²) in [5.74, 6) is -0.357. The second-order valence-corrected chi connectivity index (χ2v) is 6.49. The third kappa shape index (κ3) is 3.15. The smallest absolute Gasteiger partial charge is 0.433 e. The molecular formula is C15H16F3N3O3. The van der Waals surface area contributed by atoms with E-state index in [1.54, 1.807) is 0 Å². The molecule has 0 aromatic carbocycles. The monoisotopic (exact) mass is 343 g/mol. The summed E-state index contributed by atoms with van der Waals surface area (Å²) >= 11 is 0. The van der Waals surface area contributed by atoms with Crippen molar-refractivity contribution >= 4 is 11.8 Å². The Labute approximate surface area is 135 Å². The zero-order valence-corrected chi connectivity index (χ0v) is 12.9. The molecule has 4 rings (SSSR count). The quantitative estimate of drug-likeness (QED) is 0.847. The van der Waals surface area contributed by atoms with Crippen LogP contribution >= 0.6 is 0 Å². The largest absolute Gasteiger partial charge is 0.482 e. The molecule has 2 N–H and O–H groups in total. The topological polar surface area (TPSA) is 80.3 Å². The van der Waals surface area contributed by atoms with Crippen molar-refractivity contribution in [3.05, 3.63) is 24.0 Å². The highest BCUT2D eigenvalue weighted by atomic mass is 19.4. The fourth-order valence-electron chi connectivity index (χ4n) is 3.54. The van der Waals surface area contributed by atoms with Crippen LogP contribution in [0.15, 0.2) is 18.3 Å². The molecule has 3 fully saturated rings. The molecule has 24 heavy (non-hydrogen) atoms. The van der Waals surface area contributed by atoms with E-state index in [4.69, 9.17) is 4.74 Å². The Morgan fingerprint density at radius 1 is 1.21 bits per heavy atom. The zero-order valence-electron chi connectivity index (χ0n) is 12.9. The van der Waals surface area contributed by atoms with Crippen LogP contribution in [0, 0.1) is 0 Å². The Bertz CT molecular complexity index is 653. The molecular weight excluding hydrogens is 327 g/mol. The van der Waals surface area contributed by atoms with E-state index < -0.39 is 11.9 Å². The van der Waals surface area contributed by atoms with Gasteiger partial charge in [-0.25, -0.2) is 4.98 Å². The first kappa shape index (κ1) is 16.5. The first-order valence-electron chi connectivity index (χ1n) is 7.37. The summed E-state index contributed by atoms with van der Waals surface area (Å²) in [4.78, 5) is 26.2. The maximum atomic E-state index is 12.4. The Balaban J connectivity index is 1.44. The lowest BCUT2D eigenvalue weighted by molar-refractivity contribution is -0.149. The van der Waals surface area contributed by atoms with Crippen molar-refractivity contribution in [2.75, 3.05) is 6.61 Å². The van der Waals surface area contributed by atoms with Gasteiger partial charge in [0.2, 0.25) is 5.91 Å². The summed E-state index contributed by atoms with van der Waals surface area (Å²) in [5, 5.41) is 5.72. The standard InChI is InChI=1S/C15H16F3N3O3/c1-9(22)20-13-6-14(7-13,8-13)21-12(23)5-24-10-2-3-11(19-4-10)15(16,17)18/h2-4H,5-8H2,1H3,(H,20,22)(H,21,23). The van der Waals surface area contributed by atoms with Gasteiger partial charge >= 0.3 is 6.18 Å². The lowest BCUT2D eigenvalue weighted by Crippen LogP contribution is -2.83. The number of halogens is 3. The Morgan fingerprint density at radius 2 is 1.83 bits per heavy atom. The van der Waals surface area contributed by atoms with E-state index in [0.717, 1.165) is 18.3 Å². The molecule has 9 heteroatoms. The Kier molecular flexibility index (Phi) is 3.69. The molecule has 130 valence electrons. The third-order valence-electron chi connectivity index (χ3n) is 4.27. The van der Waals surface area contributed by atoms with Gasteiger partial charge in [0.15, 0.2) is 6.61 Å². The highest BCUT2D eigenvalue weighted by molar-refractivity contribution is 5.80. The van der Waals surface area contributed by atoms with Gasteiger partial charge in [-0.15, -0.1) is 0 Å². The summed E-state index contributed by atoms with van der Waals surface area (Å²) in [7, 11) is 0. The molecule has 1 aromatic heterocycles. The molecule has 1 heterocycles. The maximum absolute atomic E-state index is 12.4. The molecule has 1 aromatic rings. The minimum Gasteiger partial charge on any atom is -0.482 e. The van der Waals surface area contributed by atoms with Gasteiger partial charge < -0.3 is 15.4 Å². The number of rotatable bonds is 5. The molecule has 0 spiro atoms. The van der Waals surface area contributed by atoms with Gasteiger partial charge in [-0.3, -0.25) is 9.59 Å². The second kappa shape index (κ2) is 5.35. The third-order valence-corrected chi connectivity index (χ3v) is 4.27. The SMILES string of the molecule is CC(=O)NC12CC(NC(=O)COc3ccc(C(F)(F)F)nc3)(C1)C2. The number of hydrogen-bond donors (Lipinski definition) is 2. The van der Waals surface area contributed by atoms with Crippen molar-refractivity contribution < 1.29 is 27.5 Å². The van der Waals surface area contributed by atoms with Gasteiger partial charge in [0.25, 0.3) is 5.91 Å². The Hall–Kier alpha value is -2.32. The first-order chi connectivity index (χ1) is 11.1. The molecule has 0 atom stereocenters. The van der Waals surface area contributed by atoms with E-state index in [9.17, 15) is 22.8 Å². The van der Waals surface area contributed by atoms with Crippen LogP contribution in [0.3, 0.4) is 0 Å². The average molecular weight is 343 g/mol. The second-order valence-electron chi connectivity index (χ2n) is 6.49. The number of carbonyl (C=O) groups excluding carboxylic acids is 2. The zero-order chi connectivity index (χ0) is 17.6. The van der Waals surface area contributed by atoms with Crippen LogP contribution in [0.1, 0.15) is 31.9 Å². The molecule has 0 radical (unpaired) electrons. The molecule has 3 saturated carbocycles. The lowest BCUT2D eigenvalue weighted by Gasteiger charge is -2.70. The van der Waals surface area contributed by atoms with Gasteiger partial charge in [-0.1, -0.05) is 0 Å². The highest BCUT2D eigenvalue weighted by Crippen LogP contribution is 2.60. The minimum absolute atomic E-state index is 0.0884. The van der Waals surface area contributed by atoms with Crippen LogP contribution in [0.5, 0.6) is 5.75 Å². The van der Waals surface area contributed by atoms with E-state index in [1.165, 1.54) is 6.92 Å².